The van der Waals surface area contributed by atoms with Gasteiger partial charge < -0.3 is 10.6 Å². The summed E-state index contributed by atoms with van der Waals surface area (Å²) >= 11 is 0. The molecule has 1 heterocycles. The lowest BCUT2D eigenvalue weighted by Gasteiger charge is -2.35. The fourth-order valence-corrected chi connectivity index (χ4v) is 3.45. The Kier molecular flexibility index (Phi) is 10.7. The van der Waals surface area contributed by atoms with Gasteiger partial charge in [-0.2, -0.15) is 0 Å². The highest BCUT2D eigenvalue weighted by Crippen LogP contribution is 2.27. The number of anilines is 1. The summed E-state index contributed by atoms with van der Waals surface area (Å²) in [7, 11) is 0. The van der Waals surface area contributed by atoms with Gasteiger partial charge >= 0.3 is 0 Å². The first-order valence-electron chi connectivity index (χ1n) is 9.19. The molecule has 2 N–H and O–H groups in total. The van der Waals surface area contributed by atoms with Crippen molar-refractivity contribution in [3.8, 4) is 0 Å². The summed E-state index contributed by atoms with van der Waals surface area (Å²) in [5.41, 5.74) is 3.95. The van der Waals surface area contributed by atoms with Gasteiger partial charge in [0.1, 0.15) is 0 Å². The van der Waals surface area contributed by atoms with Crippen LogP contribution >= 0.6 is 24.8 Å². The highest BCUT2D eigenvalue weighted by atomic mass is 35.5. The van der Waals surface area contributed by atoms with Gasteiger partial charge in [0.2, 0.25) is 0 Å². The standard InChI is InChI=1S/C21H29N3.2ClH/c1-2-6-21(24-15-13-22-14-16-24)19-9-11-20(12-10-19)23-17-18-7-4-3-5-8-18;;/h3-5,7-12,21-23H,2,6,13-17H2,1H3;2*1H/t21-;;/m0../s1. The van der Waals surface area contributed by atoms with Crippen LogP contribution in [-0.4, -0.2) is 31.1 Å². The molecule has 1 saturated heterocycles. The van der Waals surface area contributed by atoms with Crippen LogP contribution < -0.4 is 10.6 Å². The maximum absolute atomic E-state index is 3.52. The Balaban J connectivity index is 0.00000169. The topological polar surface area (TPSA) is 27.3 Å². The van der Waals surface area contributed by atoms with Gasteiger partial charge in [0.05, 0.1) is 0 Å². The van der Waals surface area contributed by atoms with E-state index >= 15 is 0 Å². The minimum atomic E-state index is 0. The number of benzene rings is 2. The van der Waals surface area contributed by atoms with Crippen molar-refractivity contribution in [2.24, 2.45) is 0 Å². The van der Waals surface area contributed by atoms with E-state index in [2.05, 4.69) is 77.1 Å². The monoisotopic (exact) mass is 395 g/mol. The summed E-state index contributed by atoms with van der Waals surface area (Å²) in [6.07, 6.45) is 2.46. The molecule has 0 saturated carbocycles. The van der Waals surface area contributed by atoms with E-state index in [1.807, 2.05) is 0 Å². The largest absolute Gasteiger partial charge is 0.381 e. The Morgan fingerprint density at radius 2 is 1.62 bits per heavy atom. The number of hydrogen-bond donors (Lipinski definition) is 2. The number of nitrogens with one attached hydrogen (secondary N) is 2. The molecule has 0 unspecified atom stereocenters. The summed E-state index contributed by atoms with van der Waals surface area (Å²) in [5.74, 6) is 0. The Labute approximate surface area is 170 Å². The van der Waals surface area contributed by atoms with Crippen molar-refractivity contribution in [2.75, 3.05) is 31.5 Å². The van der Waals surface area contributed by atoms with Crippen LogP contribution in [0.1, 0.15) is 36.9 Å². The predicted octanol–water partition coefficient (Wildman–Crippen LogP) is 4.89. The Morgan fingerprint density at radius 3 is 2.23 bits per heavy atom. The number of hydrogen-bond acceptors (Lipinski definition) is 3. The number of piperazine rings is 1. The smallest absolute Gasteiger partial charge is 0.0400 e. The first kappa shape index (κ1) is 22.8. The Hall–Kier alpha value is -1.26. The molecule has 3 rings (SSSR count). The van der Waals surface area contributed by atoms with Crippen LogP contribution in [0, 0.1) is 0 Å². The van der Waals surface area contributed by atoms with Gasteiger partial charge in [0.15, 0.2) is 0 Å². The third-order valence-electron chi connectivity index (χ3n) is 4.79. The zero-order chi connectivity index (χ0) is 16.6. The molecule has 0 spiro atoms. The molecule has 1 aliphatic rings. The number of rotatable bonds is 7. The molecule has 0 amide bonds. The van der Waals surface area contributed by atoms with Crippen molar-refractivity contribution < 1.29 is 0 Å². The Morgan fingerprint density at radius 1 is 0.962 bits per heavy atom. The van der Waals surface area contributed by atoms with E-state index in [0.717, 1.165) is 32.7 Å². The van der Waals surface area contributed by atoms with Crippen LogP contribution in [0.3, 0.4) is 0 Å². The number of halogens is 2. The zero-order valence-corrected chi connectivity index (χ0v) is 17.1. The predicted molar refractivity (Wildman–Crippen MR) is 117 cm³/mol. The van der Waals surface area contributed by atoms with Crippen molar-refractivity contribution in [2.45, 2.75) is 32.4 Å². The lowest BCUT2D eigenvalue weighted by molar-refractivity contribution is 0.164. The highest BCUT2D eigenvalue weighted by molar-refractivity contribution is 5.85. The fourth-order valence-electron chi connectivity index (χ4n) is 3.45. The van der Waals surface area contributed by atoms with Crippen LogP contribution in [0.25, 0.3) is 0 Å². The summed E-state index contributed by atoms with van der Waals surface area (Å²) in [4.78, 5) is 2.63. The average molecular weight is 396 g/mol. The second-order valence-electron chi connectivity index (χ2n) is 6.55. The molecule has 2 aromatic carbocycles. The quantitative estimate of drug-likeness (QED) is 0.698. The molecule has 1 aliphatic heterocycles. The van der Waals surface area contributed by atoms with Crippen LogP contribution in [-0.2, 0) is 6.54 Å². The Bertz CT molecular complexity index is 598. The van der Waals surface area contributed by atoms with Crippen molar-refractivity contribution in [3.63, 3.8) is 0 Å². The van der Waals surface area contributed by atoms with E-state index in [0.29, 0.717) is 6.04 Å². The first-order chi connectivity index (χ1) is 11.9. The molecule has 2 aromatic rings. The molecule has 1 fully saturated rings. The second kappa shape index (κ2) is 12.2. The van der Waals surface area contributed by atoms with E-state index in [-0.39, 0.29) is 24.8 Å². The van der Waals surface area contributed by atoms with Gasteiger partial charge in [-0.15, -0.1) is 24.8 Å². The molecule has 26 heavy (non-hydrogen) atoms. The van der Waals surface area contributed by atoms with E-state index < -0.39 is 0 Å². The zero-order valence-electron chi connectivity index (χ0n) is 15.5. The van der Waals surface area contributed by atoms with Crippen molar-refractivity contribution in [3.05, 3.63) is 65.7 Å². The van der Waals surface area contributed by atoms with Crippen LogP contribution in [0.4, 0.5) is 5.69 Å². The van der Waals surface area contributed by atoms with Crippen LogP contribution in [0.2, 0.25) is 0 Å². The normalized spacial score (nSPS) is 15.4. The maximum Gasteiger partial charge on any atom is 0.0400 e. The SMILES string of the molecule is CCC[C@@H](c1ccc(NCc2ccccc2)cc1)N1CCNCC1.Cl.Cl. The van der Waals surface area contributed by atoms with Gasteiger partial charge in [-0.25, -0.2) is 0 Å². The van der Waals surface area contributed by atoms with Gasteiger partial charge in [-0.05, 0) is 29.7 Å². The van der Waals surface area contributed by atoms with Gasteiger partial charge in [-0.3, -0.25) is 4.90 Å². The summed E-state index contributed by atoms with van der Waals surface area (Å²) in [6, 6.07) is 20.2. The number of nitrogens with zero attached hydrogens (tertiary/aromatic N) is 1. The fraction of sp³-hybridized carbons (Fsp3) is 0.429. The molecule has 5 heteroatoms. The summed E-state index contributed by atoms with van der Waals surface area (Å²) in [5, 5.41) is 6.97. The minimum Gasteiger partial charge on any atom is -0.381 e. The summed E-state index contributed by atoms with van der Waals surface area (Å²) < 4.78 is 0. The molecule has 0 bridgehead atoms. The molecule has 3 nitrogen and oxygen atoms in total. The van der Waals surface area contributed by atoms with E-state index in [1.165, 1.54) is 29.7 Å². The van der Waals surface area contributed by atoms with E-state index in [4.69, 9.17) is 0 Å². The van der Waals surface area contributed by atoms with Gasteiger partial charge in [0.25, 0.3) is 0 Å². The van der Waals surface area contributed by atoms with Crippen molar-refractivity contribution in [1.82, 2.24) is 10.2 Å². The van der Waals surface area contributed by atoms with Gasteiger partial charge in [-0.1, -0.05) is 55.8 Å². The molecular weight excluding hydrogens is 365 g/mol. The molecule has 0 aliphatic carbocycles. The lowest BCUT2D eigenvalue weighted by Crippen LogP contribution is -2.45. The third-order valence-corrected chi connectivity index (χ3v) is 4.79. The molecule has 1 atom stereocenters. The molecule has 144 valence electrons. The molecular formula is C21H31Cl2N3. The third kappa shape index (κ3) is 6.48. The molecule has 0 radical (unpaired) electrons. The second-order valence-corrected chi connectivity index (χ2v) is 6.55. The molecule has 0 aromatic heterocycles. The summed E-state index contributed by atoms with van der Waals surface area (Å²) in [6.45, 7) is 7.67. The lowest BCUT2D eigenvalue weighted by atomic mass is 9.99. The highest BCUT2D eigenvalue weighted by Gasteiger charge is 2.21. The van der Waals surface area contributed by atoms with E-state index in [1.54, 1.807) is 0 Å². The van der Waals surface area contributed by atoms with Crippen molar-refractivity contribution in [1.29, 1.82) is 0 Å². The minimum absolute atomic E-state index is 0. The van der Waals surface area contributed by atoms with Crippen LogP contribution in [0.5, 0.6) is 0 Å². The first-order valence-corrected chi connectivity index (χ1v) is 9.19. The maximum atomic E-state index is 3.52. The average Bonchev–Trinajstić information content (AvgIpc) is 2.66. The van der Waals surface area contributed by atoms with E-state index in [9.17, 15) is 0 Å². The van der Waals surface area contributed by atoms with Crippen molar-refractivity contribution >= 4 is 30.5 Å². The van der Waals surface area contributed by atoms with Gasteiger partial charge in [0, 0.05) is 44.5 Å². The van der Waals surface area contributed by atoms with Crippen LogP contribution in [0.15, 0.2) is 54.6 Å².